The van der Waals surface area contributed by atoms with Crippen molar-refractivity contribution in [2.24, 2.45) is 0 Å². The van der Waals surface area contributed by atoms with Crippen LogP contribution in [0.15, 0.2) is 85.1 Å². The summed E-state index contributed by atoms with van der Waals surface area (Å²) in [5, 5.41) is 23.7. The van der Waals surface area contributed by atoms with Gasteiger partial charge in [0.15, 0.2) is 0 Å². The summed E-state index contributed by atoms with van der Waals surface area (Å²) in [4.78, 5) is 26.1. The third-order valence-electron chi connectivity index (χ3n) is 11.2. The number of amides is 1. The van der Waals surface area contributed by atoms with Crippen LogP contribution in [0.1, 0.15) is 233 Å². The van der Waals surface area contributed by atoms with Gasteiger partial charge in [-0.25, -0.2) is 0 Å². The SMILES string of the molecule is CC/C=C\C/C=C\C/C=C\C/C=C\C/C=C\CC(CC(=O)NC(CO)C(O)CCCCCCCCCCCCC)OC(=O)CCCCCCCCC/C=C\C/C=C\CCCCC. The first-order valence-corrected chi connectivity index (χ1v) is 25.8. The average Bonchev–Trinajstić information content (AvgIpc) is 3.26. The molecule has 0 bridgehead atoms. The lowest BCUT2D eigenvalue weighted by atomic mass is 10.0. The molecule has 0 fully saturated rings. The molecular weight excluding hydrogens is 767 g/mol. The number of hydrogen-bond acceptors (Lipinski definition) is 5. The van der Waals surface area contributed by atoms with E-state index in [0.29, 0.717) is 19.3 Å². The second-order valence-corrected chi connectivity index (χ2v) is 17.2. The standard InChI is InChI=1S/C56H97NO5/c1-4-7-10-13-16-19-22-24-26-27-29-31-34-37-40-43-46-49-56(61)62-52(47-44-41-38-35-33-30-28-25-23-20-17-14-11-8-5-2)50-55(60)57-53(51-58)54(59)48-45-42-39-36-32-21-18-15-12-9-6-3/h8,11,16-17,19-20,24-26,28,33,35,41,44,52-54,58-59H,4-7,9-10,12-15,18,21-23,27,29-32,34,36-40,42-43,45-51H2,1-3H3,(H,57,60)/b11-8-,19-16-,20-17-,26-24-,28-25-,35-33-,44-41-. The summed E-state index contributed by atoms with van der Waals surface area (Å²) in [6.07, 6.45) is 63.7. The van der Waals surface area contributed by atoms with Crippen LogP contribution in [0, 0.1) is 0 Å². The van der Waals surface area contributed by atoms with Gasteiger partial charge in [0.05, 0.1) is 25.2 Å². The number of ether oxygens (including phenoxy) is 1. The minimum Gasteiger partial charge on any atom is -0.461 e. The lowest BCUT2D eigenvalue weighted by Gasteiger charge is -2.24. The highest BCUT2D eigenvalue weighted by molar-refractivity contribution is 5.77. The smallest absolute Gasteiger partial charge is 0.306 e. The van der Waals surface area contributed by atoms with Gasteiger partial charge in [-0.1, -0.05) is 221 Å². The second kappa shape index (κ2) is 49.1. The Hall–Kier alpha value is -2.96. The molecule has 3 unspecified atom stereocenters. The number of unbranched alkanes of at least 4 members (excludes halogenated alkanes) is 20. The van der Waals surface area contributed by atoms with E-state index >= 15 is 0 Å². The summed E-state index contributed by atoms with van der Waals surface area (Å²) in [5.41, 5.74) is 0. The lowest BCUT2D eigenvalue weighted by Crippen LogP contribution is -2.46. The zero-order valence-electron chi connectivity index (χ0n) is 40.5. The number of rotatable bonds is 45. The van der Waals surface area contributed by atoms with Crippen molar-refractivity contribution in [2.45, 2.75) is 251 Å². The van der Waals surface area contributed by atoms with Gasteiger partial charge in [-0.05, 0) is 77.0 Å². The maximum absolute atomic E-state index is 13.2. The Morgan fingerprint density at radius 2 is 0.903 bits per heavy atom. The first kappa shape index (κ1) is 59.0. The quantitative estimate of drug-likeness (QED) is 0.0322. The molecule has 356 valence electrons. The second-order valence-electron chi connectivity index (χ2n) is 17.2. The summed E-state index contributed by atoms with van der Waals surface area (Å²) >= 11 is 0. The van der Waals surface area contributed by atoms with Crippen LogP contribution in [0.3, 0.4) is 0 Å². The zero-order chi connectivity index (χ0) is 45.2. The topological polar surface area (TPSA) is 95.9 Å². The van der Waals surface area contributed by atoms with E-state index < -0.39 is 18.2 Å². The van der Waals surface area contributed by atoms with E-state index in [-0.39, 0.29) is 24.9 Å². The number of aliphatic hydroxyl groups is 2. The first-order valence-electron chi connectivity index (χ1n) is 25.8. The molecule has 0 aliphatic rings. The molecule has 0 aromatic carbocycles. The van der Waals surface area contributed by atoms with Crippen molar-refractivity contribution in [3.63, 3.8) is 0 Å². The highest BCUT2D eigenvalue weighted by Gasteiger charge is 2.23. The fourth-order valence-corrected chi connectivity index (χ4v) is 7.31. The molecule has 3 atom stereocenters. The maximum atomic E-state index is 13.2. The lowest BCUT2D eigenvalue weighted by molar-refractivity contribution is -0.150. The molecule has 0 spiro atoms. The number of hydrogen-bond donors (Lipinski definition) is 3. The molecule has 3 N–H and O–H groups in total. The van der Waals surface area contributed by atoms with E-state index in [0.717, 1.165) is 83.5 Å². The summed E-state index contributed by atoms with van der Waals surface area (Å²) in [6.45, 7) is 6.30. The van der Waals surface area contributed by atoms with Gasteiger partial charge in [0.25, 0.3) is 0 Å². The van der Waals surface area contributed by atoms with E-state index in [2.05, 4.69) is 99.0 Å². The zero-order valence-corrected chi connectivity index (χ0v) is 40.5. The summed E-state index contributed by atoms with van der Waals surface area (Å²) in [6, 6.07) is -0.737. The van der Waals surface area contributed by atoms with E-state index in [9.17, 15) is 19.8 Å². The monoisotopic (exact) mass is 864 g/mol. The Labute approximate surface area is 383 Å². The van der Waals surface area contributed by atoms with Crippen LogP contribution in [0.4, 0.5) is 0 Å². The van der Waals surface area contributed by atoms with Crippen molar-refractivity contribution in [2.75, 3.05) is 6.61 Å². The molecule has 0 aliphatic carbocycles. The first-order chi connectivity index (χ1) is 30.5. The van der Waals surface area contributed by atoms with Crippen molar-refractivity contribution >= 4 is 11.9 Å². The van der Waals surface area contributed by atoms with Gasteiger partial charge in [0.2, 0.25) is 5.91 Å². The van der Waals surface area contributed by atoms with Crippen molar-refractivity contribution < 1.29 is 24.5 Å². The van der Waals surface area contributed by atoms with Crippen LogP contribution in [0.2, 0.25) is 0 Å². The highest BCUT2D eigenvalue weighted by Crippen LogP contribution is 2.16. The number of allylic oxidation sites excluding steroid dienone is 13. The van der Waals surface area contributed by atoms with Crippen LogP contribution < -0.4 is 5.32 Å². The summed E-state index contributed by atoms with van der Waals surface area (Å²) in [5.74, 6) is -0.592. The molecule has 0 saturated heterocycles. The molecule has 0 aromatic rings. The number of esters is 1. The molecule has 1 amide bonds. The van der Waals surface area contributed by atoms with Crippen LogP contribution in [-0.4, -0.2) is 46.9 Å². The average molecular weight is 864 g/mol. The van der Waals surface area contributed by atoms with E-state index in [1.807, 2.05) is 12.2 Å². The van der Waals surface area contributed by atoms with Gasteiger partial charge in [0, 0.05) is 12.8 Å². The van der Waals surface area contributed by atoms with Gasteiger partial charge in [0.1, 0.15) is 6.10 Å². The Kier molecular flexibility index (Phi) is 46.7. The molecule has 0 heterocycles. The van der Waals surface area contributed by atoms with Gasteiger partial charge in [-0.3, -0.25) is 9.59 Å². The van der Waals surface area contributed by atoms with Gasteiger partial charge >= 0.3 is 5.97 Å². The number of carbonyl (C=O) groups excluding carboxylic acids is 2. The highest BCUT2D eigenvalue weighted by atomic mass is 16.5. The fourth-order valence-electron chi connectivity index (χ4n) is 7.31. The van der Waals surface area contributed by atoms with E-state index in [1.165, 1.54) is 103 Å². The molecule has 6 heteroatoms. The van der Waals surface area contributed by atoms with Gasteiger partial charge in [-0.2, -0.15) is 0 Å². The molecule has 0 aliphatic heterocycles. The number of aliphatic hydroxyl groups excluding tert-OH is 2. The molecule has 0 aromatic heterocycles. The van der Waals surface area contributed by atoms with Crippen molar-refractivity contribution in [3.8, 4) is 0 Å². The molecular formula is C56H97NO5. The van der Waals surface area contributed by atoms with E-state index in [1.54, 1.807) is 0 Å². The predicted molar refractivity (Wildman–Crippen MR) is 268 cm³/mol. The molecule has 0 rings (SSSR count). The summed E-state index contributed by atoms with van der Waals surface area (Å²) < 4.78 is 5.87. The molecule has 62 heavy (non-hydrogen) atoms. The summed E-state index contributed by atoms with van der Waals surface area (Å²) in [7, 11) is 0. The van der Waals surface area contributed by atoms with Crippen molar-refractivity contribution in [1.82, 2.24) is 5.32 Å². The van der Waals surface area contributed by atoms with E-state index in [4.69, 9.17) is 4.74 Å². The van der Waals surface area contributed by atoms with Gasteiger partial charge < -0.3 is 20.3 Å². The number of nitrogens with one attached hydrogen (secondary N) is 1. The third kappa shape index (κ3) is 43.7. The Morgan fingerprint density at radius 3 is 1.40 bits per heavy atom. The molecule has 6 nitrogen and oxygen atoms in total. The van der Waals surface area contributed by atoms with Crippen LogP contribution >= 0.6 is 0 Å². The Bertz CT molecular complexity index is 1200. The largest absolute Gasteiger partial charge is 0.461 e. The van der Waals surface area contributed by atoms with Crippen molar-refractivity contribution in [3.05, 3.63) is 85.1 Å². The molecule has 0 saturated carbocycles. The van der Waals surface area contributed by atoms with Crippen LogP contribution in [0.5, 0.6) is 0 Å². The Balaban J connectivity index is 4.73. The number of carbonyl (C=O) groups is 2. The van der Waals surface area contributed by atoms with Crippen molar-refractivity contribution in [1.29, 1.82) is 0 Å². The van der Waals surface area contributed by atoms with Gasteiger partial charge in [-0.15, -0.1) is 0 Å². The Morgan fingerprint density at radius 1 is 0.500 bits per heavy atom. The third-order valence-corrected chi connectivity index (χ3v) is 11.2. The fraction of sp³-hybridized carbons (Fsp3) is 0.714. The predicted octanol–water partition coefficient (Wildman–Crippen LogP) is 15.6. The molecule has 0 radical (unpaired) electrons. The normalized spacial score (nSPS) is 14.0. The van der Waals surface area contributed by atoms with Crippen LogP contribution in [-0.2, 0) is 14.3 Å². The van der Waals surface area contributed by atoms with Crippen LogP contribution in [0.25, 0.3) is 0 Å². The minimum absolute atomic E-state index is 0.00729. The maximum Gasteiger partial charge on any atom is 0.306 e. The minimum atomic E-state index is -0.816.